The maximum atomic E-state index is 12.2. The average Bonchev–Trinajstić information content (AvgIpc) is 2.47. The van der Waals surface area contributed by atoms with Crippen LogP contribution in [-0.2, 0) is 0 Å². The maximum absolute atomic E-state index is 12.2. The van der Waals surface area contributed by atoms with Crippen LogP contribution in [0.25, 0.3) is 10.9 Å². The lowest BCUT2D eigenvalue weighted by Gasteiger charge is -2.02. The molecule has 2 heterocycles. The summed E-state index contributed by atoms with van der Waals surface area (Å²) in [7, 11) is 0. The molecule has 0 fully saturated rings. The van der Waals surface area contributed by atoms with E-state index in [0.29, 0.717) is 11.1 Å². The highest BCUT2D eigenvalue weighted by atomic mass is 16.1. The molecule has 3 aromatic rings. The van der Waals surface area contributed by atoms with E-state index in [-0.39, 0.29) is 5.78 Å². The first-order valence-electron chi connectivity index (χ1n) is 5.64. The predicted octanol–water partition coefficient (Wildman–Crippen LogP) is 2.86. The second-order valence-electron chi connectivity index (χ2n) is 3.98. The quantitative estimate of drug-likeness (QED) is 0.640. The van der Waals surface area contributed by atoms with Crippen LogP contribution < -0.4 is 0 Å². The number of aromatic nitrogens is 2. The lowest BCUT2D eigenvalue weighted by molar-refractivity contribution is 0.103. The molecule has 18 heavy (non-hydrogen) atoms. The Kier molecular flexibility index (Phi) is 2.57. The molecule has 3 rings (SSSR count). The summed E-state index contributed by atoms with van der Waals surface area (Å²) in [6.45, 7) is 0. The first-order chi connectivity index (χ1) is 8.84. The summed E-state index contributed by atoms with van der Waals surface area (Å²) >= 11 is 0. The van der Waals surface area contributed by atoms with Gasteiger partial charge in [0, 0.05) is 35.1 Å². The minimum atomic E-state index is -0.0318. The fourth-order valence-corrected chi connectivity index (χ4v) is 1.87. The molecule has 0 aliphatic carbocycles. The van der Waals surface area contributed by atoms with Gasteiger partial charge in [0.15, 0.2) is 5.78 Å². The third-order valence-electron chi connectivity index (χ3n) is 2.79. The first-order valence-corrected chi connectivity index (χ1v) is 5.64. The third kappa shape index (κ3) is 1.86. The molecule has 0 radical (unpaired) electrons. The molecule has 0 saturated carbocycles. The van der Waals surface area contributed by atoms with Gasteiger partial charge in [0.2, 0.25) is 0 Å². The van der Waals surface area contributed by atoms with Crippen LogP contribution in [0.15, 0.2) is 61.1 Å². The van der Waals surface area contributed by atoms with Crippen LogP contribution in [-0.4, -0.2) is 15.8 Å². The van der Waals surface area contributed by atoms with E-state index in [4.69, 9.17) is 0 Å². The molecule has 0 saturated heterocycles. The Morgan fingerprint density at radius 2 is 1.83 bits per heavy atom. The minimum absolute atomic E-state index is 0.0318. The van der Waals surface area contributed by atoms with Gasteiger partial charge in [0.05, 0.1) is 5.52 Å². The largest absolute Gasteiger partial charge is 0.289 e. The standard InChI is InChI=1S/C15H10N2O/c18-15(13-4-1-7-16-10-13)12-6-5-11-3-2-8-17-14(11)9-12/h1-10H. The summed E-state index contributed by atoms with van der Waals surface area (Å²) in [5.41, 5.74) is 2.05. The van der Waals surface area contributed by atoms with Gasteiger partial charge in [-0.3, -0.25) is 14.8 Å². The molecule has 2 aromatic heterocycles. The van der Waals surface area contributed by atoms with E-state index in [9.17, 15) is 4.79 Å². The normalized spacial score (nSPS) is 10.4. The predicted molar refractivity (Wildman–Crippen MR) is 69.4 cm³/mol. The summed E-state index contributed by atoms with van der Waals surface area (Å²) < 4.78 is 0. The fourth-order valence-electron chi connectivity index (χ4n) is 1.87. The Balaban J connectivity index is 2.07. The number of hydrogen-bond acceptors (Lipinski definition) is 3. The molecule has 0 aliphatic heterocycles. The van der Waals surface area contributed by atoms with Gasteiger partial charge in [-0.25, -0.2) is 0 Å². The van der Waals surface area contributed by atoms with E-state index < -0.39 is 0 Å². The van der Waals surface area contributed by atoms with E-state index in [1.54, 1.807) is 30.7 Å². The second kappa shape index (κ2) is 4.37. The van der Waals surface area contributed by atoms with E-state index >= 15 is 0 Å². The van der Waals surface area contributed by atoms with Gasteiger partial charge in [-0.15, -0.1) is 0 Å². The van der Waals surface area contributed by atoms with Crippen molar-refractivity contribution in [1.29, 1.82) is 0 Å². The average molecular weight is 234 g/mol. The molecule has 0 atom stereocenters. The van der Waals surface area contributed by atoms with Gasteiger partial charge in [0.25, 0.3) is 0 Å². The molecule has 3 heteroatoms. The van der Waals surface area contributed by atoms with Crippen LogP contribution in [0.2, 0.25) is 0 Å². The van der Waals surface area contributed by atoms with Crippen molar-refractivity contribution >= 4 is 16.7 Å². The van der Waals surface area contributed by atoms with Crippen LogP contribution in [0.3, 0.4) is 0 Å². The zero-order valence-electron chi connectivity index (χ0n) is 9.58. The van der Waals surface area contributed by atoms with Crippen molar-refractivity contribution in [2.45, 2.75) is 0 Å². The van der Waals surface area contributed by atoms with Gasteiger partial charge < -0.3 is 0 Å². The third-order valence-corrected chi connectivity index (χ3v) is 2.79. The maximum Gasteiger partial charge on any atom is 0.194 e. The number of hydrogen-bond donors (Lipinski definition) is 0. The smallest absolute Gasteiger partial charge is 0.194 e. The lowest BCUT2D eigenvalue weighted by atomic mass is 10.0. The zero-order valence-corrected chi connectivity index (χ0v) is 9.58. The first kappa shape index (κ1) is 10.6. The van der Waals surface area contributed by atoms with Crippen molar-refractivity contribution in [3.8, 4) is 0 Å². The van der Waals surface area contributed by atoms with Crippen LogP contribution in [0.5, 0.6) is 0 Å². The van der Waals surface area contributed by atoms with Crippen LogP contribution in [0, 0.1) is 0 Å². The molecule has 0 bridgehead atoms. The van der Waals surface area contributed by atoms with E-state index in [0.717, 1.165) is 10.9 Å². The van der Waals surface area contributed by atoms with Crippen molar-refractivity contribution in [2.24, 2.45) is 0 Å². The highest BCUT2D eigenvalue weighted by Crippen LogP contribution is 2.15. The fraction of sp³-hybridized carbons (Fsp3) is 0. The number of nitrogens with zero attached hydrogens (tertiary/aromatic N) is 2. The molecule has 0 N–H and O–H groups in total. The highest BCUT2D eigenvalue weighted by Gasteiger charge is 2.09. The summed E-state index contributed by atoms with van der Waals surface area (Å²) in [5, 5.41) is 1.03. The monoisotopic (exact) mass is 234 g/mol. The van der Waals surface area contributed by atoms with E-state index in [1.165, 1.54) is 0 Å². The van der Waals surface area contributed by atoms with Crippen molar-refractivity contribution in [2.75, 3.05) is 0 Å². The molecule has 86 valence electrons. The van der Waals surface area contributed by atoms with Crippen molar-refractivity contribution < 1.29 is 4.79 Å². The number of ketones is 1. The molecule has 0 unspecified atom stereocenters. The van der Waals surface area contributed by atoms with Crippen molar-refractivity contribution in [3.05, 3.63) is 72.2 Å². The Morgan fingerprint density at radius 1 is 0.944 bits per heavy atom. The molecule has 3 nitrogen and oxygen atoms in total. The number of carbonyl (C=O) groups excluding carboxylic acids is 1. The van der Waals surface area contributed by atoms with E-state index in [2.05, 4.69) is 9.97 Å². The van der Waals surface area contributed by atoms with Gasteiger partial charge in [0.1, 0.15) is 0 Å². The SMILES string of the molecule is O=C(c1cccnc1)c1ccc2cccnc2c1. The van der Waals surface area contributed by atoms with Crippen LogP contribution >= 0.6 is 0 Å². The van der Waals surface area contributed by atoms with Crippen LogP contribution in [0.1, 0.15) is 15.9 Å². The summed E-state index contributed by atoms with van der Waals surface area (Å²) in [5.74, 6) is -0.0318. The molecule has 1 aromatic carbocycles. The highest BCUT2D eigenvalue weighted by molar-refractivity contribution is 6.10. The van der Waals surface area contributed by atoms with E-state index in [1.807, 2.05) is 30.3 Å². The van der Waals surface area contributed by atoms with Crippen molar-refractivity contribution in [1.82, 2.24) is 9.97 Å². The van der Waals surface area contributed by atoms with Gasteiger partial charge in [-0.2, -0.15) is 0 Å². The summed E-state index contributed by atoms with van der Waals surface area (Å²) in [6, 6.07) is 12.9. The van der Waals surface area contributed by atoms with Crippen LogP contribution in [0.4, 0.5) is 0 Å². The molecule has 0 aliphatic rings. The molecular formula is C15H10N2O. The number of benzene rings is 1. The molecule has 0 amide bonds. The Morgan fingerprint density at radius 3 is 2.67 bits per heavy atom. The molecule has 0 spiro atoms. The van der Waals surface area contributed by atoms with Crippen molar-refractivity contribution in [3.63, 3.8) is 0 Å². The van der Waals surface area contributed by atoms with Gasteiger partial charge in [-0.05, 0) is 24.3 Å². The topological polar surface area (TPSA) is 42.9 Å². The summed E-state index contributed by atoms with van der Waals surface area (Å²) in [6.07, 6.45) is 4.95. The lowest BCUT2D eigenvalue weighted by Crippen LogP contribution is -2.01. The number of carbonyl (C=O) groups is 1. The zero-order chi connectivity index (χ0) is 12.4. The van der Waals surface area contributed by atoms with Gasteiger partial charge >= 0.3 is 0 Å². The number of rotatable bonds is 2. The Hall–Kier alpha value is -2.55. The Bertz CT molecular complexity index is 708. The second-order valence-corrected chi connectivity index (χ2v) is 3.98. The summed E-state index contributed by atoms with van der Waals surface area (Å²) in [4.78, 5) is 20.4. The van der Waals surface area contributed by atoms with Gasteiger partial charge in [-0.1, -0.05) is 18.2 Å². The number of pyridine rings is 2. The molecular weight excluding hydrogens is 224 g/mol. The Labute approximate surface area is 104 Å². The minimum Gasteiger partial charge on any atom is -0.289 e. The number of fused-ring (bicyclic) bond motifs is 1.